The zero-order valence-corrected chi connectivity index (χ0v) is 16.5. The minimum atomic E-state index is -3.86. The number of carbonyl (C=O) groups is 2. The highest BCUT2D eigenvalue weighted by Gasteiger charge is 2.30. The summed E-state index contributed by atoms with van der Waals surface area (Å²) in [6.07, 6.45) is 3.63. The van der Waals surface area contributed by atoms with Gasteiger partial charge in [-0.1, -0.05) is 13.0 Å². The van der Waals surface area contributed by atoms with Gasteiger partial charge < -0.3 is 15.4 Å². The molecule has 1 aromatic carbocycles. The lowest BCUT2D eigenvalue weighted by atomic mass is 10.2. The highest BCUT2D eigenvalue weighted by molar-refractivity contribution is 7.91. The van der Waals surface area contributed by atoms with Crippen LogP contribution in [-0.2, 0) is 19.4 Å². The van der Waals surface area contributed by atoms with Crippen molar-refractivity contribution in [2.45, 2.75) is 23.5 Å². The fourth-order valence-corrected chi connectivity index (χ4v) is 4.13. The van der Waals surface area contributed by atoms with E-state index in [1.807, 2.05) is 6.92 Å². The van der Waals surface area contributed by atoms with E-state index in [9.17, 15) is 18.0 Å². The summed E-state index contributed by atoms with van der Waals surface area (Å²) in [7, 11) is -2.37. The van der Waals surface area contributed by atoms with E-state index in [0.717, 1.165) is 0 Å². The molecule has 1 aromatic heterocycles. The van der Waals surface area contributed by atoms with Crippen molar-refractivity contribution in [3.63, 3.8) is 0 Å². The van der Waals surface area contributed by atoms with E-state index in [1.54, 1.807) is 24.3 Å². The van der Waals surface area contributed by atoms with Gasteiger partial charge in [-0.15, -0.1) is 0 Å². The van der Waals surface area contributed by atoms with E-state index in [0.29, 0.717) is 24.3 Å². The first-order valence-electron chi connectivity index (χ1n) is 8.74. The van der Waals surface area contributed by atoms with Gasteiger partial charge >= 0.3 is 11.8 Å². The van der Waals surface area contributed by atoms with Gasteiger partial charge in [-0.2, -0.15) is 0 Å². The Hall–Kier alpha value is -2.94. The molecule has 2 amide bonds. The number of carbonyl (C=O) groups excluding carboxylic acids is 2. The lowest BCUT2D eigenvalue weighted by Crippen LogP contribution is -2.42. The van der Waals surface area contributed by atoms with Crippen LogP contribution in [0.15, 0.2) is 53.7 Å². The first kappa shape index (κ1) is 21.4. The topological polar surface area (TPSA) is 114 Å². The average molecular weight is 405 g/mol. The molecule has 2 aromatic rings. The minimum absolute atomic E-state index is 0.0758. The van der Waals surface area contributed by atoms with Gasteiger partial charge in [0, 0.05) is 25.5 Å². The number of pyridine rings is 1. The SMILES string of the molecule is CCCNC(=O)C(=O)NC[C@@H](c1cccnc1)S(=O)(=O)c1ccc(OC)cc1. The smallest absolute Gasteiger partial charge is 0.309 e. The molecule has 0 aliphatic rings. The Morgan fingerprint density at radius 3 is 2.36 bits per heavy atom. The van der Waals surface area contributed by atoms with Crippen LogP contribution < -0.4 is 15.4 Å². The van der Waals surface area contributed by atoms with Crippen molar-refractivity contribution in [1.82, 2.24) is 15.6 Å². The lowest BCUT2D eigenvalue weighted by Gasteiger charge is -2.19. The molecular weight excluding hydrogens is 382 g/mol. The van der Waals surface area contributed by atoms with Crippen molar-refractivity contribution < 1.29 is 22.7 Å². The standard InChI is InChI=1S/C19H23N3O5S/c1-3-10-21-18(23)19(24)22-13-17(14-5-4-11-20-12-14)28(25,26)16-8-6-15(27-2)7-9-16/h4-9,11-12,17H,3,10,13H2,1-2H3,(H,21,23)(H,22,24)/t17-/m0/s1. The van der Waals surface area contributed by atoms with Crippen LogP contribution in [0.4, 0.5) is 0 Å². The molecule has 2 rings (SSSR count). The normalized spacial score (nSPS) is 12.1. The number of nitrogens with one attached hydrogen (secondary N) is 2. The number of benzene rings is 1. The summed E-state index contributed by atoms with van der Waals surface area (Å²) >= 11 is 0. The Labute approximate surface area is 164 Å². The molecule has 1 heterocycles. The first-order chi connectivity index (χ1) is 13.4. The van der Waals surface area contributed by atoms with Gasteiger partial charge in [0.15, 0.2) is 9.84 Å². The molecular formula is C19H23N3O5S. The number of nitrogens with zero attached hydrogens (tertiary/aromatic N) is 1. The summed E-state index contributed by atoms with van der Waals surface area (Å²) in [5.41, 5.74) is 0.410. The largest absolute Gasteiger partial charge is 0.497 e. The maximum Gasteiger partial charge on any atom is 0.309 e. The molecule has 8 nitrogen and oxygen atoms in total. The first-order valence-corrected chi connectivity index (χ1v) is 10.3. The summed E-state index contributed by atoms with van der Waals surface area (Å²) < 4.78 is 31.4. The van der Waals surface area contributed by atoms with Crippen LogP contribution in [0.25, 0.3) is 0 Å². The summed E-state index contributed by atoms with van der Waals surface area (Å²) in [5.74, 6) is -1.15. The third-order valence-corrected chi connectivity index (χ3v) is 6.13. The van der Waals surface area contributed by atoms with Gasteiger partial charge in [0.2, 0.25) is 0 Å². The Bertz CT molecular complexity index is 899. The van der Waals surface area contributed by atoms with Crippen molar-refractivity contribution in [2.75, 3.05) is 20.2 Å². The molecule has 1 atom stereocenters. The van der Waals surface area contributed by atoms with Crippen LogP contribution in [-0.4, -0.2) is 45.4 Å². The maximum atomic E-state index is 13.2. The highest BCUT2D eigenvalue weighted by atomic mass is 32.2. The van der Waals surface area contributed by atoms with Crippen molar-refractivity contribution in [3.8, 4) is 5.75 Å². The predicted molar refractivity (Wildman–Crippen MR) is 103 cm³/mol. The fraction of sp³-hybridized carbons (Fsp3) is 0.316. The molecule has 0 fully saturated rings. The Morgan fingerprint density at radius 2 is 1.79 bits per heavy atom. The number of amides is 2. The molecule has 0 aliphatic heterocycles. The van der Waals surface area contributed by atoms with Gasteiger partial charge in [0.25, 0.3) is 0 Å². The molecule has 0 unspecified atom stereocenters. The number of methoxy groups -OCH3 is 1. The van der Waals surface area contributed by atoms with E-state index in [-0.39, 0.29) is 11.4 Å². The zero-order valence-electron chi connectivity index (χ0n) is 15.7. The van der Waals surface area contributed by atoms with Gasteiger partial charge in [0.05, 0.1) is 12.0 Å². The van der Waals surface area contributed by atoms with Crippen molar-refractivity contribution in [1.29, 1.82) is 0 Å². The van der Waals surface area contributed by atoms with Crippen molar-refractivity contribution >= 4 is 21.7 Å². The predicted octanol–water partition coefficient (Wildman–Crippen LogP) is 1.25. The number of aromatic nitrogens is 1. The monoisotopic (exact) mass is 405 g/mol. The second-order valence-corrected chi connectivity index (χ2v) is 8.09. The molecule has 150 valence electrons. The van der Waals surface area contributed by atoms with Gasteiger partial charge in [-0.3, -0.25) is 14.6 Å². The molecule has 0 aliphatic carbocycles. The second kappa shape index (κ2) is 9.84. The molecule has 0 saturated carbocycles. The number of sulfone groups is 1. The number of hydrogen-bond donors (Lipinski definition) is 2. The van der Waals surface area contributed by atoms with Crippen LogP contribution in [0.2, 0.25) is 0 Å². The van der Waals surface area contributed by atoms with E-state index in [2.05, 4.69) is 15.6 Å². The summed E-state index contributed by atoms with van der Waals surface area (Å²) in [5, 5.41) is 3.76. The fourth-order valence-electron chi connectivity index (χ4n) is 2.49. The van der Waals surface area contributed by atoms with Gasteiger partial charge in [0.1, 0.15) is 11.0 Å². The Balaban J connectivity index is 2.27. The molecule has 0 radical (unpaired) electrons. The van der Waals surface area contributed by atoms with Crippen LogP contribution in [0.5, 0.6) is 5.75 Å². The third kappa shape index (κ3) is 5.29. The Morgan fingerprint density at radius 1 is 1.11 bits per heavy atom. The summed E-state index contributed by atoms with van der Waals surface area (Å²) in [6, 6.07) is 9.19. The zero-order chi connectivity index (χ0) is 20.6. The highest BCUT2D eigenvalue weighted by Crippen LogP contribution is 2.29. The number of ether oxygens (including phenoxy) is 1. The van der Waals surface area contributed by atoms with Crippen molar-refractivity contribution in [3.05, 3.63) is 54.4 Å². The second-order valence-electron chi connectivity index (χ2n) is 5.96. The molecule has 9 heteroatoms. The molecule has 2 N–H and O–H groups in total. The van der Waals surface area contributed by atoms with Gasteiger partial charge in [-0.25, -0.2) is 8.42 Å². The quantitative estimate of drug-likeness (QED) is 0.639. The van der Waals surface area contributed by atoms with E-state index >= 15 is 0 Å². The molecule has 0 bridgehead atoms. The summed E-state index contributed by atoms with van der Waals surface area (Å²) in [6.45, 7) is 1.96. The maximum absolute atomic E-state index is 13.2. The van der Waals surface area contributed by atoms with Crippen LogP contribution >= 0.6 is 0 Å². The number of hydrogen-bond acceptors (Lipinski definition) is 6. The van der Waals surface area contributed by atoms with E-state index in [4.69, 9.17) is 4.74 Å². The molecule has 0 spiro atoms. The van der Waals surface area contributed by atoms with Crippen LogP contribution in [0.1, 0.15) is 24.2 Å². The molecule has 0 saturated heterocycles. The van der Waals surface area contributed by atoms with Crippen LogP contribution in [0, 0.1) is 0 Å². The van der Waals surface area contributed by atoms with Gasteiger partial charge in [-0.05, 0) is 42.3 Å². The molecule has 28 heavy (non-hydrogen) atoms. The summed E-state index contributed by atoms with van der Waals surface area (Å²) in [4.78, 5) is 27.8. The average Bonchev–Trinajstić information content (AvgIpc) is 2.72. The van der Waals surface area contributed by atoms with E-state index < -0.39 is 26.9 Å². The minimum Gasteiger partial charge on any atom is -0.497 e. The van der Waals surface area contributed by atoms with E-state index in [1.165, 1.54) is 31.6 Å². The Kier molecular flexibility index (Phi) is 7.51. The number of rotatable bonds is 8. The lowest BCUT2D eigenvalue weighted by molar-refractivity contribution is -0.139. The third-order valence-electron chi connectivity index (χ3n) is 4.01. The van der Waals surface area contributed by atoms with Crippen LogP contribution in [0.3, 0.4) is 0 Å². The van der Waals surface area contributed by atoms with Crippen molar-refractivity contribution in [2.24, 2.45) is 0 Å².